The lowest BCUT2D eigenvalue weighted by Gasteiger charge is -2.30. The Balaban J connectivity index is 1.87. The van der Waals surface area contributed by atoms with Crippen LogP contribution in [0.15, 0.2) is 36.4 Å². The Labute approximate surface area is 155 Å². The molecule has 5 nitrogen and oxygen atoms in total. The Hall–Kier alpha value is -2.43. The van der Waals surface area contributed by atoms with Gasteiger partial charge in [-0.1, -0.05) is 50.6 Å². The zero-order chi connectivity index (χ0) is 18.4. The molecule has 0 unspecified atom stereocenters. The first kappa shape index (κ1) is 18.4. The molecule has 0 bridgehead atoms. The third-order valence-electron chi connectivity index (χ3n) is 4.88. The molecule has 1 fully saturated rings. The maximum atomic E-state index is 13.0. The zero-order valence-corrected chi connectivity index (χ0v) is 15.7. The van der Waals surface area contributed by atoms with Crippen LogP contribution in [0.3, 0.4) is 0 Å². The number of benzene rings is 1. The summed E-state index contributed by atoms with van der Waals surface area (Å²) in [7, 11) is 0. The molecule has 1 aliphatic rings. The van der Waals surface area contributed by atoms with Crippen LogP contribution in [0.2, 0.25) is 0 Å². The highest BCUT2D eigenvalue weighted by atomic mass is 16.2. The second-order valence-corrected chi connectivity index (χ2v) is 7.08. The highest BCUT2D eigenvalue weighted by Crippen LogP contribution is 2.21. The van der Waals surface area contributed by atoms with Crippen LogP contribution in [-0.4, -0.2) is 40.4 Å². The van der Waals surface area contributed by atoms with Gasteiger partial charge >= 0.3 is 0 Å². The summed E-state index contributed by atoms with van der Waals surface area (Å²) >= 11 is 0. The molecule has 1 amide bonds. The molecule has 0 saturated carbocycles. The van der Waals surface area contributed by atoms with Gasteiger partial charge in [0.1, 0.15) is 11.5 Å². The van der Waals surface area contributed by atoms with Crippen LogP contribution in [0.25, 0.3) is 11.4 Å². The largest absolute Gasteiger partial charge is 0.370 e. The number of carbonyl (C=O) groups excluding carboxylic acids is 1. The van der Waals surface area contributed by atoms with Crippen LogP contribution in [0.4, 0.5) is 5.82 Å². The fourth-order valence-electron chi connectivity index (χ4n) is 3.13. The predicted molar refractivity (Wildman–Crippen MR) is 105 cm³/mol. The number of rotatable bonds is 6. The predicted octanol–water partition coefficient (Wildman–Crippen LogP) is 4.23. The molecule has 1 N–H and O–H groups in total. The fourth-order valence-corrected chi connectivity index (χ4v) is 3.13. The monoisotopic (exact) mass is 352 g/mol. The number of piperidine rings is 1. The van der Waals surface area contributed by atoms with E-state index in [9.17, 15) is 4.79 Å². The van der Waals surface area contributed by atoms with Gasteiger partial charge in [0.05, 0.1) is 0 Å². The molecule has 2 heterocycles. The minimum Gasteiger partial charge on any atom is -0.370 e. The van der Waals surface area contributed by atoms with E-state index in [-0.39, 0.29) is 5.91 Å². The molecule has 1 aliphatic heterocycles. The lowest BCUT2D eigenvalue weighted by molar-refractivity contribution is 0.0691. The van der Waals surface area contributed by atoms with Crippen molar-refractivity contribution in [1.29, 1.82) is 0 Å². The zero-order valence-electron chi connectivity index (χ0n) is 15.7. The molecule has 5 heteroatoms. The molecule has 26 heavy (non-hydrogen) atoms. The van der Waals surface area contributed by atoms with E-state index in [1.165, 1.54) is 0 Å². The van der Waals surface area contributed by atoms with Crippen molar-refractivity contribution in [2.75, 3.05) is 25.0 Å². The molecule has 3 rings (SSSR count). The summed E-state index contributed by atoms with van der Waals surface area (Å²) in [5.41, 5.74) is 1.40. The average molecular weight is 352 g/mol. The molecule has 0 spiro atoms. The van der Waals surface area contributed by atoms with Gasteiger partial charge in [-0.15, -0.1) is 0 Å². The van der Waals surface area contributed by atoms with Gasteiger partial charge in [0.15, 0.2) is 5.82 Å². The molecule has 138 valence electrons. The Morgan fingerprint density at radius 3 is 2.62 bits per heavy atom. The maximum Gasteiger partial charge on any atom is 0.272 e. The molecule has 1 saturated heterocycles. The summed E-state index contributed by atoms with van der Waals surface area (Å²) in [6.07, 6.45) is 4.30. The normalized spacial score (nSPS) is 15.1. The third kappa shape index (κ3) is 4.59. The Morgan fingerprint density at radius 1 is 1.19 bits per heavy atom. The van der Waals surface area contributed by atoms with Crippen molar-refractivity contribution in [3.63, 3.8) is 0 Å². The summed E-state index contributed by atoms with van der Waals surface area (Å²) in [5.74, 6) is 2.02. The number of anilines is 1. The minimum atomic E-state index is 0.00928. The number of nitrogens with one attached hydrogen (secondary N) is 1. The number of hydrogen-bond donors (Lipinski definition) is 1. The van der Waals surface area contributed by atoms with Gasteiger partial charge in [0.25, 0.3) is 5.91 Å². The van der Waals surface area contributed by atoms with Crippen LogP contribution in [0.5, 0.6) is 0 Å². The van der Waals surface area contributed by atoms with E-state index in [0.717, 1.165) is 56.7 Å². The van der Waals surface area contributed by atoms with Crippen LogP contribution in [-0.2, 0) is 0 Å². The third-order valence-corrected chi connectivity index (χ3v) is 4.88. The summed E-state index contributed by atoms with van der Waals surface area (Å²) in [6, 6.07) is 11.6. The molecule has 1 aromatic carbocycles. The lowest BCUT2D eigenvalue weighted by Crippen LogP contribution is -2.38. The van der Waals surface area contributed by atoms with E-state index < -0.39 is 0 Å². The lowest BCUT2D eigenvalue weighted by atomic mass is 9.99. The highest BCUT2D eigenvalue weighted by Gasteiger charge is 2.23. The smallest absolute Gasteiger partial charge is 0.272 e. The molecule has 0 aliphatic carbocycles. The van der Waals surface area contributed by atoms with Crippen molar-refractivity contribution in [3.05, 3.63) is 42.1 Å². The quantitative estimate of drug-likeness (QED) is 0.791. The summed E-state index contributed by atoms with van der Waals surface area (Å²) < 4.78 is 0. The second-order valence-electron chi connectivity index (χ2n) is 7.08. The van der Waals surface area contributed by atoms with Crippen LogP contribution < -0.4 is 5.32 Å². The van der Waals surface area contributed by atoms with Gasteiger partial charge in [-0.2, -0.15) is 0 Å². The molecule has 0 radical (unpaired) electrons. The van der Waals surface area contributed by atoms with Crippen molar-refractivity contribution >= 4 is 11.7 Å². The number of aromatic nitrogens is 2. The van der Waals surface area contributed by atoms with Gasteiger partial charge in [0, 0.05) is 31.3 Å². The van der Waals surface area contributed by atoms with E-state index in [1.807, 2.05) is 35.2 Å². The number of carbonyl (C=O) groups is 1. The van der Waals surface area contributed by atoms with Gasteiger partial charge in [0.2, 0.25) is 0 Å². The Kier molecular flexibility index (Phi) is 6.21. The summed E-state index contributed by atoms with van der Waals surface area (Å²) in [6.45, 7) is 6.86. The van der Waals surface area contributed by atoms with Gasteiger partial charge in [-0.05, 0) is 25.2 Å². The van der Waals surface area contributed by atoms with Crippen molar-refractivity contribution in [2.45, 2.75) is 39.5 Å². The van der Waals surface area contributed by atoms with E-state index in [4.69, 9.17) is 0 Å². The maximum absolute atomic E-state index is 13.0. The number of likely N-dealkylation sites (tertiary alicyclic amines) is 1. The minimum absolute atomic E-state index is 0.00928. The van der Waals surface area contributed by atoms with Gasteiger partial charge in [-0.25, -0.2) is 9.97 Å². The number of amides is 1. The van der Waals surface area contributed by atoms with Crippen LogP contribution in [0.1, 0.15) is 50.0 Å². The summed E-state index contributed by atoms with van der Waals surface area (Å²) in [5, 5.41) is 3.34. The van der Waals surface area contributed by atoms with E-state index in [0.29, 0.717) is 17.4 Å². The van der Waals surface area contributed by atoms with E-state index in [2.05, 4.69) is 29.1 Å². The average Bonchev–Trinajstić information content (AvgIpc) is 2.69. The SMILES string of the molecule is CCCCNc1cc(C(=O)N2CCC(C)CC2)nc(-c2ccccc2)n1. The second kappa shape index (κ2) is 8.79. The number of unbranched alkanes of at least 4 members (excludes halogenated alkanes) is 1. The highest BCUT2D eigenvalue weighted by molar-refractivity contribution is 5.93. The van der Waals surface area contributed by atoms with Gasteiger partial charge in [-0.3, -0.25) is 4.79 Å². The van der Waals surface area contributed by atoms with E-state index in [1.54, 1.807) is 6.07 Å². The molecular formula is C21H28N4O. The number of hydrogen-bond acceptors (Lipinski definition) is 4. The van der Waals surface area contributed by atoms with Gasteiger partial charge < -0.3 is 10.2 Å². The van der Waals surface area contributed by atoms with Crippen molar-refractivity contribution in [1.82, 2.24) is 14.9 Å². The molecular weight excluding hydrogens is 324 g/mol. The standard InChI is InChI=1S/C21H28N4O/c1-3-4-12-22-19-15-18(21(26)25-13-10-16(2)11-14-25)23-20(24-19)17-8-6-5-7-9-17/h5-9,15-16H,3-4,10-14H2,1-2H3,(H,22,23,24). The van der Waals surface area contributed by atoms with Crippen LogP contribution in [0, 0.1) is 5.92 Å². The number of nitrogens with zero attached hydrogens (tertiary/aromatic N) is 3. The van der Waals surface area contributed by atoms with Crippen LogP contribution >= 0.6 is 0 Å². The Bertz CT molecular complexity index is 724. The first-order valence-electron chi connectivity index (χ1n) is 9.65. The first-order valence-corrected chi connectivity index (χ1v) is 9.65. The molecule has 1 aromatic heterocycles. The first-order chi connectivity index (χ1) is 12.7. The van der Waals surface area contributed by atoms with Crippen molar-refractivity contribution in [2.24, 2.45) is 5.92 Å². The van der Waals surface area contributed by atoms with Crippen molar-refractivity contribution < 1.29 is 4.79 Å². The fraction of sp³-hybridized carbons (Fsp3) is 0.476. The van der Waals surface area contributed by atoms with Crippen molar-refractivity contribution in [3.8, 4) is 11.4 Å². The Morgan fingerprint density at radius 2 is 1.92 bits per heavy atom. The molecule has 2 aromatic rings. The summed E-state index contributed by atoms with van der Waals surface area (Å²) in [4.78, 5) is 24.1. The van der Waals surface area contributed by atoms with E-state index >= 15 is 0 Å². The molecule has 0 atom stereocenters. The topological polar surface area (TPSA) is 58.1 Å².